The highest BCUT2D eigenvalue weighted by Crippen LogP contribution is 2.69. The number of alkyl halides is 17. The lowest BCUT2D eigenvalue weighted by atomic mass is 9.73. The van der Waals surface area contributed by atoms with Crippen LogP contribution in [0.25, 0.3) is 0 Å². The van der Waals surface area contributed by atoms with E-state index < -0.39 is 57.1 Å². The molecule has 0 N–H and O–H groups in total. The minimum atomic E-state index is -9.54. The summed E-state index contributed by atoms with van der Waals surface area (Å²) in [6.07, 6.45) is -43.7. The summed E-state index contributed by atoms with van der Waals surface area (Å²) < 4.78 is 240. The molecular formula is C8F17O3S-. The van der Waals surface area contributed by atoms with E-state index in [9.17, 15) is 87.6 Å². The molecule has 29 heavy (non-hydrogen) atoms. The highest BCUT2D eigenvalue weighted by Gasteiger charge is 3.03. The summed E-state index contributed by atoms with van der Waals surface area (Å²) in [5, 5.41) is 0. The molecule has 0 bridgehead atoms. The Hall–Kier alpha value is -1.28. The Morgan fingerprint density at radius 3 is 0.655 bits per heavy atom. The van der Waals surface area contributed by atoms with Crippen LogP contribution in [0.5, 0.6) is 0 Å². The topological polar surface area (TPSA) is 57.2 Å². The van der Waals surface area contributed by atoms with Gasteiger partial charge >= 0.3 is 42.2 Å². The molecule has 0 amide bonds. The molecule has 176 valence electrons. The lowest BCUT2D eigenvalue weighted by molar-refractivity contribution is -0.439. The van der Waals surface area contributed by atoms with Crippen molar-refractivity contribution >= 4 is 10.1 Å². The fraction of sp³-hybridized carbons (Fsp3) is 1.00. The summed E-state index contributed by atoms with van der Waals surface area (Å²) in [5.41, 5.74) is -18.6. The van der Waals surface area contributed by atoms with E-state index in [1.165, 1.54) is 0 Å². The highest BCUT2D eigenvalue weighted by atomic mass is 32.2. The van der Waals surface area contributed by atoms with Gasteiger partial charge in [-0.2, -0.15) is 65.9 Å². The Bertz CT molecular complexity index is 650. The summed E-state index contributed by atoms with van der Waals surface area (Å²) >= 11 is 0. The number of halogens is 17. The second kappa shape index (κ2) is 6.36. The molecule has 0 aromatic rings. The lowest BCUT2D eigenvalue weighted by Crippen LogP contribution is -2.87. The van der Waals surface area contributed by atoms with Crippen LogP contribution in [0.15, 0.2) is 0 Å². The smallest absolute Gasteiger partial charge is 0.433 e. The van der Waals surface area contributed by atoms with Crippen LogP contribution in [0.1, 0.15) is 0 Å². The predicted molar refractivity (Wildman–Crippen MR) is 50.4 cm³/mol. The maximum Gasteiger partial charge on any atom is 0.433 e. The molecule has 0 aliphatic heterocycles. The largest absolute Gasteiger partial charge is 0.747 e. The van der Waals surface area contributed by atoms with Crippen LogP contribution in [0.4, 0.5) is 74.6 Å². The highest BCUT2D eigenvalue weighted by molar-refractivity contribution is 7.87. The van der Waals surface area contributed by atoms with Gasteiger partial charge in [0.15, 0.2) is 0 Å². The van der Waals surface area contributed by atoms with E-state index in [2.05, 4.69) is 0 Å². The van der Waals surface area contributed by atoms with Crippen molar-refractivity contribution in [1.82, 2.24) is 0 Å². The molecule has 0 fully saturated rings. The fourth-order valence-corrected chi connectivity index (χ4v) is 3.67. The first kappa shape index (κ1) is 27.7. The summed E-state index contributed by atoms with van der Waals surface area (Å²) in [7, 11) is -9.54. The zero-order valence-electron chi connectivity index (χ0n) is 12.1. The van der Waals surface area contributed by atoms with Crippen molar-refractivity contribution in [3.8, 4) is 0 Å². The van der Waals surface area contributed by atoms with Crippen molar-refractivity contribution in [3.05, 3.63) is 0 Å². The third kappa shape index (κ3) is 3.26. The number of hydrogen-bond acceptors (Lipinski definition) is 3. The van der Waals surface area contributed by atoms with Gasteiger partial charge in [0.2, 0.25) is 0 Å². The molecule has 0 aliphatic rings. The standard InChI is InChI=1S/C8HF17O3S/c9-1(4(11,12)13,5(14,15)16)3(8(23,24)25,29(26,27)28)2(10,6(17,18)19)7(20,21)22/h(H,26,27,28)/p-1. The van der Waals surface area contributed by atoms with Gasteiger partial charge in [-0.3, -0.25) is 0 Å². The average molecular weight is 499 g/mol. The van der Waals surface area contributed by atoms with Crippen LogP contribution in [-0.2, 0) is 10.1 Å². The zero-order valence-corrected chi connectivity index (χ0v) is 12.9. The molecule has 0 aromatic carbocycles. The lowest BCUT2D eigenvalue weighted by Gasteiger charge is -2.53. The van der Waals surface area contributed by atoms with Gasteiger partial charge in [-0.05, 0) is 0 Å². The molecule has 0 radical (unpaired) electrons. The van der Waals surface area contributed by atoms with E-state index in [-0.39, 0.29) is 0 Å². The molecule has 0 spiro atoms. The van der Waals surface area contributed by atoms with Crippen molar-refractivity contribution in [2.45, 2.75) is 47.0 Å². The van der Waals surface area contributed by atoms with Gasteiger partial charge in [-0.25, -0.2) is 17.2 Å². The SMILES string of the molecule is O=S(=O)([O-])C(C(F)(F)F)(C(F)(C(F)(F)F)C(F)(F)F)C(F)(C(F)(F)F)C(F)(F)F. The molecule has 0 heterocycles. The van der Waals surface area contributed by atoms with Crippen molar-refractivity contribution in [1.29, 1.82) is 0 Å². The first-order valence-corrected chi connectivity index (χ1v) is 7.08. The average Bonchev–Trinajstić information content (AvgIpc) is 2.29. The minimum Gasteiger partial charge on any atom is -0.747 e. The van der Waals surface area contributed by atoms with Gasteiger partial charge < -0.3 is 4.55 Å². The van der Waals surface area contributed by atoms with E-state index in [4.69, 9.17) is 0 Å². The fourth-order valence-electron chi connectivity index (χ4n) is 2.23. The molecule has 0 unspecified atom stereocenters. The van der Waals surface area contributed by atoms with Crippen molar-refractivity contribution in [2.75, 3.05) is 0 Å². The molecule has 0 atom stereocenters. The van der Waals surface area contributed by atoms with Gasteiger partial charge in [0.25, 0.3) is 4.75 Å². The third-order valence-corrected chi connectivity index (χ3v) is 4.85. The van der Waals surface area contributed by atoms with Crippen LogP contribution in [0.2, 0.25) is 0 Å². The molecule has 0 saturated heterocycles. The van der Waals surface area contributed by atoms with Crippen LogP contribution in [0.3, 0.4) is 0 Å². The number of hydrogen-bond donors (Lipinski definition) is 0. The third-order valence-electron chi connectivity index (χ3n) is 3.31. The summed E-state index contributed by atoms with van der Waals surface area (Å²) in [6, 6.07) is 0. The molecule has 0 saturated carbocycles. The molecular weight excluding hydrogens is 499 g/mol. The van der Waals surface area contributed by atoms with Crippen molar-refractivity contribution in [3.63, 3.8) is 0 Å². The maximum atomic E-state index is 13.9. The first-order valence-electron chi connectivity index (χ1n) is 5.67. The second-order valence-electron chi connectivity index (χ2n) is 4.94. The minimum absolute atomic E-state index is 8.70. The van der Waals surface area contributed by atoms with Crippen molar-refractivity contribution in [2.24, 2.45) is 0 Å². The van der Waals surface area contributed by atoms with Crippen LogP contribution < -0.4 is 0 Å². The Morgan fingerprint density at radius 2 is 0.586 bits per heavy atom. The van der Waals surface area contributed by atoms with Gasteiger partial charge in [-0.15, -0.1) is 0 Å². The molecule has 0 rings (SSSR count). The molecule has 21 heteroatoms. The normalized spacial score (nSPS) is 16.9. The van der Waals surface area contributed by atoms with E-state index in [0.29, 0.717) is 0 Å². The Labute approximate surface area is 146 Å². The molecule has 0 aliphatic carbocycles. The van der Waals surface area contributed by atoms with E-state index in [1.54, 1.807) is 0 Å². The maximum absolute atomic E-state index is 13.9. The Balaban J connectivity index is 8.59. The molecule has 0 aromatic heterocycles. The zero-order chi connectivity index (χ0) is 24.5. The van der Waals surface area contributed by atoms with E-state index in [1.807, 2.05) is 0 Å². The summed E-state index contributed by atoms with van der Waals surface area (Å²) in [6.45, 7) is 0. The Kier molecular flexibility index (Phi) is 6.08. The van der Waals surface area contributed by atoms with Gasteiger partial charge in [0.1, 0.15) is 10.1 Å². The van der Waals surface area contributed by atoms with Gasteiger partial charge in [-0.1, -0.05) is 0 Å². The van der Waals surface area contributed by atoms with Crippen LogP contribution in [0, 0.1) is 0 Å². The first-order chi connectivity index (χ1) is 12.0. The van der Waals surface area contributed by atoms with Gasteiger partial charge in [0, 0.05) is 0 Å². The van der Waals surface area contributed by atoms with Crippen molar-refractivity contribution < 1.29 is 87.6 Å². The number of rotatable bonds is 3. The van der Waals surface area contributed by atoms with Gasteiger partial charge in [0.05, 0.1) is 0 Å². The van der Waals surface area contributed by atoms with Crippen LogP contribution >= 0.6 is 0 Å². The van der Waals surface area contributed by atoms with E-state index >= 15 is 0 Å². The summed E-state index contributed by atoms with van der Waals surface area (Å²) in [5.74, 6) is 0. The quantitative estimate of drug-likeness (QED) is 0.425. The Morgan fingerprint density at radius 1 is 0.414 bits per heavy atom. The van der Waals surface area contributed by atoms with E-state index in [0.717, 1.165) is 0 Å². The molecule has 3 nitrogen and oxygen atoms in total. The van der Waals surface area contributed by atoms with Crippen LogP contribution in [-0.4, -0.2) is 59.9 Å². The summed E-state index contributed by atoms with van der Waals surface area (Å²) in [4.78, 5) is 0. The predicted octanol–water partition coefficient (Wildman–Crippen LogP) is 4.50. The monoisotopic (exact) mass is 499 g/mol. The second-order valence-corrected chi connectivity index (χ2v) is 6.46.